The van der Waals surface area contributed by atoms with Crippen LogP contribution in [0.25, 0.3) is 16.8 Å². The van der Waals surface area contributed by atoms with Crippen LogP contribution in [0.5, 0.6) is 0 Å². The number of benzene rings is 2. The van der Waals surface area contributed by atoms with E-state index in [1.54, 1.807) is 62.0 Å². The molecule has 2 aromatic carbocycles. The molecule has 1 unspecified atom stereocenters. The minimum atomic E-state index is -1.15. The van der Waals surface area contributed by atoms with Crippen LogP contribution in [0, 0.1) is 5.82 Å². The second-order valence-electron chi connectivity index (χ2n) is 8.19. The van der Waals surface area contributed by atoms with Gasteiger partial charge in [0.15, 0.2) is 5.65 Å². The van der Waals surface area contributed by atoms with Gasteiger partial charge >= 0.3 is 5.97 Å². The lowest BCUT2D eigenvalue weighted by Gasteiger charge is -2.28. The first kappa shape index (κ1) is 23.9. The summed E-state index contributed by atoms with van der Waals surface area (Å²) in [6, 6.07) is 15.3. The summed E-state index contributed by atoms with van der Waals surface area (Å²) in [6.45, 7) is 4.01. The van der Waals surface area contributed by atoms with Crippen molar-refractivity contribution in [2.24, 2.45) is 0 Å². The van der Waals surface area contributed by atoms with Gasteiger partial charge in [0.25, 0.3) is 0 Å². The Balaban J connectivity index is 1.94. The quantitative estimate of drug-likeness (QED) is 0.315. The molecule has 0 bridgehead atoms. The number of esters is 1. The van der Waals surface area contributed by atoms with Gasteiger partial charge in [-0.15, -0.1) is 0 Å². The highest BCUT2D eigenvalue weighted by molar-refractivity contribution is 6.30. The third kappa shape index (κ3) is 4.54. The predicted molar refractivity (Wildman–Crippen MR) is 128 cm³/mol. The van der Waals surface area contributed by atoms with Gasteiger partial charge in [-0.1, -0.05) is 35.9 Å². The normalized spacial score (nSPS) is 13.1. The van der Waals surface area contributed by atoms with Crippen LogP contribution in [0.3, 0.4) is 0 Å². The number of fused-ring (bicyclic) bond motifs is 1. The van der Waals surface area contributed by atoms with Gasteiger partial charge in [-0.2, -0.15) is 5.10 Å². The molecule has 8 heteroatoms. The number of carbonyl (C=O) groups excluding carboxylic acids is 1. The summed E-state index contributed by atoms with van der Waals surface area (Å²) < 4.78 is 26.5. The van der Waals surface area contributed by atoms with E-state index in [0.29, 0.717) is 27.6 Å². The van der Waals surface area contributed by atoms with Gasteiger partial charge in [-0.3, -0.25) is 4.79 Å². The Bertz CT molecular complexity index is 1320. The maximum absolute atomic E-state index is 13.9. The third-order valence-electron chi connectivity index (χ3n) is 5.74. The molecule has 4 rings (SSSR count). The molecule has 0 spiro atoms. The molecule has 34 heavy (non-hydrogen) atoms. The fourth-order valence-corrected chi connectivity index (χ4v) is 4.30. The standard InChI is InChI=1S/C26H25ClFN3O3/c1-4-34-25(32)26(2,15-17-6-5-7-20(28)14-17)22-12-13-29-24-23(18-8-10-19(27)11-9-18)21(16-33-3)30-31(22)24/h5-14H,4,15-16H2,1-3H3. The van der Waals surface area contributed by atoms with E-state index in [1.807, 2.05) is 12.1 Å². The maximum Gasteiger partial charge on any atom is 0.318 e. The van der Waals surface area contributed by atoms with Crippen LogP contribution in [0.2, 0.25) is 5.02 Å². The molecule has 1 atom stereocenters. The van der Waals surface area contributed by atoms with Crippen molar-refractivity contribution in [3.8, 4) is 11.1 Å². The molecule has 2 heterocycles. The van der Waals surface area contributed by atoms with E-state index in [2.05, 4.69) is 4.98 Å². The molecule has 0 aliphatic carbocycles. The molecule has 176 valence electrons. The Kier molecular flexibility index (Phi) is 6.95. The van der Waals surface area contributed by atoms with Gasteiger partial charge < -0.3 is 9.47 Å². The number of nitrogens with zero attached hydrogens (tertiary/aromatic N) is 3. The van der Waals surface area contributed by atoms with Crippen molar-refractivity contribution in [1.82, 2.24) is 14.6 Å². The van der Waals surface area contributed by atoms with Crippen molar-refractivity contribution < 1.29 is 18.7 Å². The number of rotatable bonds is 8. The minimum absolute atomic E-state index is 0.218. The highest BCUT2D eigenvalue weighted by Gasteiger charge is 2.40. The van der Waals surface area contributed by atoms with Gasteiger partial charge in [-0.25, -0.2) is 13.9 Å². The SMILES string of the molecule is CCOC(=O)C(C)(Cc1cccc(F)c1)c1ccnc2c(-c3ccc(Cl)cc3)c(COC)nn12. The predicted octanol–water partition coefficient (Wildman–Crippen LogP) is 5.40. The fourth-order valence-electron chi connectivity index (χ4n) is 4.17. The molecule has 0 saturated carbocycles. The van der Waals surface area contributed by atoms with Gasteiger partial charge in [0.1, 0.15) is 11.2 Å². The van der Waals surface area contributed by atoms with Crippen LogP contribution >= 0.6 is 11.6 Å². The number of methoxy groups -OCH3 is 1. The van der Waals surface area contributed by atoms with E-state index in [-0.39, 0.29) is 25.5 Å². The molecule has 0 fully saturated rings. The third-order valence-corrected chi connectivity index (χ3v) is 5.99. The van der Waals surface area contributed by atoms with Crippen LogP contribution in [0.4, 0.5) is 4.39 Å². The first-order valence-corrected chi connectivity index (χ1v) is 11.3. The molecule has 0 N–H and O–H groups in total. The smallest absolute Gasteiger partial charge is 0.318 e. The molecule has 0 aliphatic heterocycles. The Morgan fingerprint density at radius 2 is 1.94 bits per heavy atom. The van der Waals surface area contributed by atoms with Crippen LogP contribution in [-0.4, -0.2) is 34.3 Å². The lowest BCUT2D eigenvalue weighted by molar-refractivity contribution is -0.149. The van der Waals surface area contributed by atoms with Crippen LogP contribution in [0.1, 0.15) is 30.8 Å². The summed E-state index contributed by atoms with van der Waals surface area (Å²) >= 11 is 6.09. The highest BCUT2D eigenvalue weighted by atomic mass is 35.5. The Labute approximate surface area is 202 Å². The minimum Gasteiger partial charge on any atom is -0.465 e. The molecule has 0 amide bonds. The van der Waals surface area contributed by atoms with Crippen molar-refractivity contribution in [3.63, 3.8) is 0 Å². The molecular formula is C26H25ClFN3O3. The van der Waals surface area contributed by atoms with Gasteiger partial charge in [0.05, 0.1) is 30.2 Å². The zero-order valence-corrected chi connectivity index (χ0v) is 20.0. The number of aromatic nitrogens is 3. The van der Waals surface area contributed by atoms with Crippen molar-refractivity contribution in [2.45, 2.75) is 32.3 Å². The van der Waals surface area contributed by atoms with Crippen molar-refractivity contribution in [3.05, 3.63) is 88.6 Å². The Morgan fingerprint density at radius 3 is 2.62 bits per heavy atom. The molecule has 2 aromatic heterocycles. The lowest BCUT2D eigenvalue weighted by Crippen LogP contribution is -2.38. The lowest BCUT2D eigenvalue weighted by atomic mass is 9.80. The fraction of sp³-hybridized carbons (Fsp3) is 0.269. The van der Waals surface area contributed by atoms with Gasteiger partial charge in [0, 0.05) is 18.3 Å². The van der Waals surface area contributed by atoms with Gasteiger partial charge in [0.2, 0.25) is 0 Å². The molecular weight excluding hydrogens is 457 g/mol. The Hall–Kier alpha value is -3.29. The summed E-state index contributed by atoms with van der Waals surface area (Å²) in [5.74, 6) is -0.793. The monoisotopic (exact) mass is 481 g/mol. The summed E-state index contributed by atoms with van der Waals surface area (Å²) in [7, 11) is 1.59. The zero-order valence-electron chi connectivity index (χ0n) is 19.2. The number of hydrogen-bond acceptors (Lipinski definition) is 5. The molecule has 4 aromatic rings. The van der Waals surface area contributed by atoms with E-state index >= 15 is 0 Å². The largest absolute Gasteiger partial charge is 0.465 e. The second-order valence-corrected chi connectivity index (χ2v) is 8.62. The molecule has 0 radical (unpaired) electrons. The Morgan fingerprint density at radius 1 is 1.18 bits per heavy atom. The van der Waals surface area contributed by atoms with E-state index in [1.165, 1.54) is 12.1 Å². The van der Waals surface area contributed by atoms with E-state index in [4.69, 9.17) is 26.2 Å². The number of hydrogen-bond donors (Lipinski definition) is 0. The van der Waals surface area contributed by atoms with Crippen molar-refractivity contribution >= 4 is 23.2 Å². The average molecular weight is 482 g/mol. The molecule has 0 aliphatic rings. The maximum atomic E-state index is 13.9. The second kappa shape index (κ2) is 9.91. The summed E-state index contributed by atoms with van der Waals surface area (Å²) in [4.78, 5) is 17.9. The summed E-state index contributed by atoms with van der Waals surface area (Å²) in [5, 5.41) is 5.40. The van der Waals surface area contributed by atoms with Crippen molar-refractivity contribution in [1.29, 1.82) is 0 Å². The topological polar surface area (TPSA) is 65.7 Å². The van der Waals surface area contributed by atoms with Crippen LogP contribution in [0.15, 0.2) is 60.8 Å². The molecule has 6 nitrogen and oxygen atoms in total. The highest BCUT2D eigenvalue weighted by Crippen LogP contribution is 2.34. The zero-order chi connectivity index (χ0) is 24.3. The van der Waals surface area contributed by atoms with E-state index in [0.717, 1.165) is 11.1 Å². The van der Waals surface area contributed by atoms with E-state index in [9.17, 15) is 9.18 Å². The van der Waals surface area contributed by atoms with Gasteiger partial charge in [-0.05, 0) is 61.7 Å². The number of ether oxygens (including phenoxy) is 2. The molecule has 0 saturated heterocycles. The first-order chi connectivity index (χ1) is 16.4. The summed E-state index contributed by atoms with van der Waals surface area (Å²) in [6.07, 6.45) is 1.86. The van der Waals surface area contributed by atoms with Crippen LogP contribution < -0.4 is 0 Å². The number of halogens is 2. The summed E-state index contributed by atoms with van der Waals surface area (Å²) in [5.41, 5.74) is 3.00. The average Bonchev–Trinajstić information content (AvgIpc) is 3.18. The van der Waals surface area contributed by atoms with Crippen molar-refractivity contribution in [2.75, 3.05) is 13.7 Å². The van der Waals surface area contributed by atoms with E-state index < -0.39 is 11.4 Å². The first-order valence-electron chi connectivity index (χ1n) is 10.9. The van der Waals surface area contributed by atoms with Crippen LogP contribution in [-0.2, 0) is 32.7 Å². The number of carbonyl (C=O) groups is 1.